The SMILES string of the molecule is CCC(C)(C)NC(=O)COC(=O)/C=C/c1ccc(OC)c(OC)c1. The Morgan fingerprint density at radius 3 is 2.42 bits per heavy atom. The fourth-order valence-electron chi connectivity index (χ4n) is 1.81. The van der Waals surface area contributed by atoms with Crippen LogP contribution in [0.2, 0.25) is 0 Å². The summed E-state index contributed by atoms with van der Waals surface area (Å²) in [6.07, 6.45) is 3.63. The third-order valence-electron chi connectivity index (χ3n) is 3.53. The molecule has 0 saturated carbocycles. The molecule has 0 saturated heterocycles. The number of carbonyl (C=O) groups is 2. The topological polar surface area (TPSA) is 73.9 Å². The molecule has 0 aromatic heterocycles. The van der Waals surface area contributed by atoms with Gasteiger partial charge in [-0.05, 0) is 44.0 Å². The quantitative estimate of drug-likeness (QED) is 0.584. The predicted octanol–water partition coefficient (Wildman–Crippen LogP) is 2.57. The monoisotopic (exact) mass is 335 g/mol. The number of hydrogen-bond donors (Lipinski definition) is 1. The summed E-state index contributed by atoms with van der Waals surface area (Å²) in [4.78, 5) is 23.4. The van der Waals surface area contributed by atoms with Gasteiger partial charge >= 0.3 is 5.97 Å². The molecule has 0 heterocycles. The van der Waals surface area contributed by atoms with Gasteiger partial charge in [0.05, 0.1) is 14.2 Å². The number of carbonyl (C=O) groups excluding carboxylic acids is 2. The number of nitrogens with one attached hydrogen (secondary N) is 1. The Hall–Kier alpha value is -2.50. The molecule has 6 heteroatoms. The van der Waals surface area contributed by atoms with E-state index in [1.54, 1.807) is 31.4 Å². The summed E-state index contributed by atoms with van der Waals surface area (Å²) in [5.74, 6) is 0.255. The first-order chi connectivity index (χ1) is 11.3. The van der Waals surface area contributed by atoms with Crippen molar-refractivity contribution in [3.8, 4) is 11.5 Å². The van der Waals surface area contributed by atoms with Crippen LogP contribution in [0.1, 0.15) is 32.8 Å². The average molecular weight is 335 g/mol. The highest BCUT2D eigenvalue weighted by Gasteiger charge is 2.18. The third-order valence-corrected chi connectivity index (χ3v) is 3.53. The van der Waals surface area contributed by atoms with Gasteiger partial charge in [0.25, 0.3) is 5.91 Å². The van der Waals surface area contributed by atoms with Crippen molar-refractivity contribution in [2.45, 2.75) is 32.7 Å². The molecule has 1 amide bonds. The van der Waals surface area contributed by atoms with Gasteiger partial charge in [-0.15, -0.1) is 0 Å². The molecular weight excluding hydrogens is 310 g/mol. The van der Waals surface area contributed by atoms with E-state index in [2.05, 4.69) is 5.32 Å². The molecule has 0 aliphatic heterocycles. The number of rotatable bonds is 8. The van der Waals surface area contributed by atoms with Crippen LogP contribution < -0.4 is 14.8 Å². The van der Waals surface area contributed by atoms with Crippen LogP contribution in [0.5, 0.6) is 11.5 Å². The van der Waals surface area contributed by atoms with Crippen LogP contribution in [0.3, 0.4) is 0 Å². The minimum atomic E-state index is -0.589. The van der Waals surface area contributed by atoms with E-state index in [4.69, 9.17) is 14.2 Å². The summed E-state index contributed by atoms with van der Waals surface area (Å²) in [5, 5.41) is 2.79. The van der Waals surface area contributed by atoms with Gasteiger partial charge in [-0.3, -0.25) is 4.79 Å². The predicted molar refractivity (Wildman–Crippen MR) is 92.1 cm³/mol. The molecule has 0 aliphatic carbocycles. The van der Waals surface area contributed by atoms with Crippen LogP contribution in [-0.2, 0) is 14.3 Å². The van der Waals surface area contributed by atoms with Gasteiger partial charge in [-0.1, -0.05) is 13.0 Å². The minimum absolute atomic E-state index is 0.307. The standard InChI is InChI=1S/C18H25NO5/c1-6-18(2,3)19-16(20)12-24-17(21)10-8-13-7-9-14(22-4)15(11-13)23-5/h7-11H,6,12H2,1-5H3,(H,19,20)/b10-8+. The Bertz CT molecular complexity index is 607. The van der Waals surface area contributed by atoms with Crippen molar-refractivity contribution >= 4 is 18.0 Å². The Morgan fingerprint density at radius 2 is 1.83 bits per heavy atom. The largest absolute Gasteiger partial charge is 0.493 e. The molecule has 1 rings (SSSR count). The van der Waals surface area contributed by atoms with Crippen LogP contribution in [0, 0.1) is 0 Å². The molecule has 0 aliphatic rings. The molecule has 24 heavy (non-hydrogen) atoms. The second-order valence-electron chi connectivity index (χ2n) is 5.84. The van der Waals surface area contributed by atoms with Crippen LogP contribution in [0.15, 0.2) is 24.3 Å². The highest BCUT2D eigenvalue weighted by atomic mass is 16.5. The maximum absolute atomic E-state index is 11.7. The molecule has 0 fully saturated rings. The van der Waals surface area contributed by atoms with E-state index in [0.717, 1.165) is 12.0 Å². The lowest BCUT2D eigenvalue weighted by Gasteiger charge is -2.24. The number of methoxy groups -OCH3 is 2. The number of amides is 1. The van der Waals surface area contributed by atoms with Crippen molar-refractivity contribution in [3.63, 3.8) is 0 Å². The van der Waals surface area contributed by atoms with E-state index >= 15 is 0 Å². The first-order valence-electron chi connectivity index (χ1n) is 7.69. The lowest BCUT2D eigenvalue weighted by Crippen LogP contribution is -2.44. The molecule has 0 spiro atoms. The normalized spacial score (nSPS) is 11.2. The Balaban J connectivity index is 2.56. The third kappa shape index (κ3) is 6.32. The first kappa shape index (κ1) is 19.5. The highest BCUT2D eigenvalue weighted by molar-refractivity contribution is 5.89. The molecule has 6 nitrogen and oxygen atoms in total. The van der Waals surface area contributed by atoms with E-state index in [1.807, 2.05) is 20.8 Å². The maximum Gasteiger partial charge on any atom is 0.331 e. The molecule has 0 radical (unpaired) electrons. The second-order valence-corrected chi connectivity index (χ2v) is 5.84. The zero-order valence-electron chi connectivity index (χ0n) is 14.8. The lowest BCUT2D eigenvalue weighted by atomic mass is 10.0. The van der Waals surface area contributed by atoms with E-state index < -0.39 is 5.97 Å². The van der Waals surface area contributed by atoms with Crippen LogP contribution in [-0.4, -0.2) is 38.2 Å². The summed E-state index contributed by atoms with van der Waals surface area (Å²) in [6.45, 7) is 5.48. The summed E-state index contributed by atoms with van der Waals surface area (Å²) in [6, 6.07) is 5.25. The van der Waals surface area contributed by atoms with E-state index in [0.29, 0.717) is 11.5 Å². The summed E-state index contributed by atoms with van der Waals surface area (Å²) in [7, 11) is 3.09. The maximum atomic E-state index is 11.7. The fourth-order valence-corrected chi connectivity index (χ4v) is 1.81. The lowest BCUT2D eigenvalue weighted by molar-refractivity contribution is -0.144. The van der Waals surface area contributed by atoms with Crippen LogP contribution in [0.25, 0.3) is 6.08 Å². The molecule has 0 bridgehead atoms. The van der Waals surface area contributed by atoms with Crippen LogP contribution in [0.4, 0.5) is 0 Å². The highest BCUT2D eigenvalue weighted by Crippen LogP contribution is 2.27. The van der Waals surface area contributed by atoms with Crippen molar-refractivity contribution in [1.29, 1.82) is 0 Å². The summed E-state index contributed by atoms with van der Waals surface area (Å²) >= 11 is 0. The van der Waals surface area contributed by atoms with Crippen LogP contribution >= 0.6 is 0 Å². The first-order valence-corrected chi connectivity index (χ1v) is 7.69. The second kappa shape index (κ2) is 8.96. The van der Waals surface area contributed by atoms with E-state index in [1.165, 1.54) is 13.2 Å². The molecule has 0 unspecified atom stereocenters. The minimum Gasteiger partial charge on any atom is -0.493 e. The van der Waals surface area contributed by atoms with E-state index in [9.17, 15) is 9.59 Å². The number of hydrogen-bond acceptors (Lipinski definition) is 5. The molecule has 0 atom stereocenters. The van der Waals surface area contributed by atoms with Crippen molar-refractivity contribution in [2.24, 2.45) is 0 Å². The van der Waals surface area contributed by atoms with Gasteiger partial charge in [-0.2, -0.15) is 0 Å². The molecular formula is C18H25NO5. The van der Waals surface area contributed by atoms with Crippen molar-refractivity contribution in [3.05, 3.63) is 29.8 Å². The van der Waals surface area contributed by atoms with Crippen molar-refractivity contribution in [2.75, 3.05) is 20.8 Å². The van der Waals surface area contributed by atoms with Gasteiger partial charge < -0.3 is 19.5 Å². The number of benzene rings is 1. The summed E-state index contributed by atoms with van der Waals surface area (Å²) in [5.41, 5.74) is 0.431. The van der Waals surface area contributed by atoms with Gasteiger partial charge in [0.1, 0.15) is 0 Å². The van der Waals surface area contributed by atoms with E-state index in [-0.39, 0.29) is 18.1 Å². The van der Waals surface area contributed by atoms with Gasteiger partial charge in [0.15, 0.2) is 18.1 Å². The Morgan fingerprint density at radius 1 is 1.17 bits per heavy atom. The number of esters is 1. The van der Waals surface area contributed by atoms with Gasteiger partial charge in [0, 0.05) is 11.6 Å². The Labute approximate surface area is 142 Å². The van der Waals surface area contributed by atoms with Gasteiger partial charge in [0.2, 0.25) is 0 Å². The molecule has 1 aromatic carbocycles. The molecule has 1 N–H and O–H groups in total. The molecule has 132 valence electrons. The van der Waals surface area contributed by atoms with Crippen molar-refractivity contribution in [1.82, 2.24) is 5.32 Å². The number of ether oxygens (including phenoxy) is 3. The summed E-state index contributed by atoms with van der Waals surface area (Å²) < 4.78 is 15.3. The Kier molecular flexibility index (Phi) is 7.30. The average Bonchev–Trinajstić information content (AvgIpc) is 2.57. The van der Waals surface area contributed by atoms with Crippen molar-refractivity contribution < 1.29 is 23.8 Å². The zero-order chi connectivity index (χ0) is 18.2. The molecule has 1 aromatic rings. The van der Waals surface area contributed by atoms with Gasteiger partial charge in [-0.25, -0.2) is 4.79 Å². The zero-order valence-corrected chi connectivity index (χ0v) is 14.8. The fraction of sp³-hybridized carbons (Fsp3) is 0.444. The smallest absolute Gasteiger partial charge is 0.331 e.